The Bertz CT molecular complexity index is 727. The van der Waals surface area contributed by atoms with Gasteiger partial charge < -0.3 is 9.67 Å². The highest BCUT2D eigenvalue weighted by molar-refractivity contribution is 5.88. The van der Waals surface area contributed by atoms with E-state index in [2.05, 4.69) is 0 Å². The Morgan fingerprint density at radius 1 is 0.850 bits per heavy atom. The molecule has 0 fully saturated rings. The van der Waals surface area contributed by atoms with Crippen molar-refractivity contribution in [1.82, 2.24) is 4.57 Å². The largest absolute Gasteiger partial charge is 0.478 e. The number of rotatable bonds is 3. The zero-order valence-corrected chi connectivity index (χ0v) is 10.7. The maximum atomic E-state index is 10.8. The Morgan fingerprint density at radius 3 is 2.20 bits per heavy atom. The molecular formula is C17H13NO2. The fourth-order valence-electron chi connectivity index (χ4n) is 2.13. The molecule has 0 saturated heterocycles. The molecule has 0 aliphatic heterocycles. The molecule has 0 bridgehead atoms. The van der Waals surface area contributed by atoms with E-state index in [4.69, 9.17) is 5.11 Å². The Kier molecular flexibility index (Phi) is 3.09. The van der Waals surface area contributed by atoms with E-state index in [1.54, 1.807) is 12.1 Å². The van der Waals surface area contributed by atoms with Crippen LogP contribution in [0.15, 0.2) is 73.1 Å². The Labute approximate surface area is 116 Å². The summed E-state index contributed by atoms with van der Waals surface area (Å²) in [5.74, 6) is -0.904. The van der Waals surface area contributed by atoms with Crippen LogP contribution in [-0.4, -0.2) is 15.6 Å². The van der Waals surface area contributed by atoms with Gasteiger partial charge in [-0.15, -0.1) is 0 Å². The first-order valence-electron chi connectivity index (χ1n) is 6.31. The molecule has 0 amide bonds. The molecule has 3 rings (SSSR count). The number of nitrogens with zero attached hydrogens (tertiary/aromatic N) is 1. The number of carbonyl (C=O) groups is 1. The molecule has 1 N–H and O–H groups in total. The second-order valence-electron chi connectivity index (χ2n) is 4.53. The number of aromatic nitrogens is 1. The van der Waals surface area contributed by atoms with Crippen molar-refractivity contribution < 1.29 is 9.90 Å². The normalized spacial score (nSPS) is 10.4. The van der Waals surface area contributed by atoms with Crippen LogP contribution in [0, 0.1) is 0 Å². The third-order valence-corrected chi connectivity index (χ3v) is 3.21. The minimum absolute atomic E-state index is 0.302. The van der Waals surface area contributed by atoms with E-state index in [0.29, 0.717) is 5.56 Å². The fourth-order valence-corrected chi connectivity index (χ4v) is 2.13. The van der Waals surface area contributed by atoms with Gasteiger partial charge in [-0.3, -0.25) is 0 Å². The average molecular weight is 263 g/mol. The third kappa shape index (κ3) is 2.34. The molecule has 20 heavy (non-hydrogen) atoms. The van der Waals surface area contributed by atoms with Crippen LogP contribution < -0.4 is 0 Å². The summed E-state index contributed by atoms with van der Waals surface area (Å²) in [6, 6.07) is 19.0. The lowest BCUT2D eigenvalue weighted by molar-refractivity contribution is 0.0697. The highest BCUT2D eigenvalue weighted by Crippen LogP contribution is 2.22. The lowest BCUT2D eigenvalue weighted by Gasteiger charge is -2.02. The molecule has 0 radical (unpaired) electrons. The maximum absolute atomic E-state index is 10.8. The van der Waals surface area contributed by atoms with Gasteiger partial charge in [0.2, 0.25) is 0 Å². The van der Waals surface area contributed by atoms with Crippen molar-refractivity contribution in [3.05, 3.63) is 78.6 Å². The predicted octanol–water partition coefficient (Wildman–Crippen LogP) is 3.84. The van der Waals surface area contributed by atoms with Gasteiger partial charge in [0.25, 0.3) is 0 Å². The Balaban J connectivity index is 1.92. The van der Waals surface area contributed by atoms with Crippen LogP contribution >= 0.6 is 0 Å². The smallest absolute Gasteiger partial charge is 0.335 e. The zero-order chi connectivity index (χ0) is 13.9. The fraction of sp³-hybridized carbons (Fsp3) is 0. The summed E-state index contributed by atoms with van der Waals surface area (Å²) in [7, 11) is 0. The van der Waals surface area contributed by atoms with Crippen molar-refractivity contribution in [1.29, 1.82) is 0 Å². The van der Waals surface area contributed by atoms with Crippen molar-refractivity contribution in [3.8, 4) is 16.8 Å². The molecule has 1 heterocycles. The van der Waals surface area contributed by atoms with E-state index in [1.165, 1.54) is 0 Å². The van der Waals surface area contributed by atoms with Crippen LogP contribution in [0.2, 0.25) is 0 Å². The van der Waals surface area contributed by atoms with E-state index in [-0.39, 0.29) is 0 Å². The molecule has 0 spiro atoms. The summed E-state index contributed by atoms with van der Waals surface area (Å²) in [6.07, 6.45) is 4.03. The zero-order valence-electron chi connectivity index (χ0n) is 10.7. The van der Waals surface area contributed by atoms with Crippen LogP contribution in [-0.2, 0) is 0 Å². The minimum Gasteiger partial charge on any atom is -0.478 e. The Hall–Kier alpha value is -2.81. The predicted molar refractivity (Wildman–Crippen MR) is 78.2 cm³/mol. The number of benzene rings is 2. The van der Waals surface area contributed by atoms with Crippen LogP contribution in [0.5, 0.6) is 0 Å². The second-order valence-corrected chi connectivity index (χ2v) is 4.53. The number of carboxylic acids is 1. The van der Waals surface area contributed by atoms with Crippen molar-refractivity contribution in [2.24, 2.45) is 0 Å². The number of hydrogen-bond donors (Lipinski definition) is 1. The van der Waals surface area contributed by atoms with Crippen LogP contribution in [0.4, 0.5) is 0 Å². The molecule has 0 saturated carbocycles. The first kappa shape index (κ1) is 12.2. The lowest BCUT2D eigenvalue weighted by atomic mass is 10.1. The van der Waals surface area contributed by atoms with Gasteiger partial charge >= 0.3 is 5.97 Å². The van der Waals surface area contributed by atoms with Crippen LogP contribution in [0.25, 0.3) is 16.8 Å². The lowest BCUT2D eigenvalue weighted by Crippen LogP contribution is -1.94. The molecule has 0 aliphatic rings. The molecule has 0 unspecified atom stereocenters. The van der Waals surface area contributed by atoms with Crippen LogP contribution in [0.1, 0.15) is 10.4 Å². The summed E-state index contributed by atoms with van der Waals surface area (Å²) in [5.41, 5.74) is 3.47. The van der Waals surface area contributed by atoms with Gasteiger partial charge in [0.15, 0.2) is 0 Å². The molecule has 3 aromatic rings. The molecule has 2 aromatic carbocycles. The first-order chi connectivity index (χ1) is 9.74. The topological polar surface area (TPSA) is 42.2 Å². The van der Waals surface area contributed by atoms with E-state index in [9.17, 15) is 4.79 Å². The number of carboxylic acid groups (broad SMARTS) is 1. The van der Waals surface area contributed by atoms with E-state index < -0.39 is 5.97 Å². The number of hydrogen-bond acceptors (Lipinski definition) is 1. The molecule has 3 nitrogen and oxygen atoms in total. The van der Waals surface area contributed by atoms with Crippen LogP contribution in [0.3, 0.4) is 0 Å². The SMILES string of the molecule is O=C(O)c1ccc(-c2ccn(-c3ccccc3)c2)cc1. The maximum Gasteiger partial charge on any atom is 0.335 e. The highest BCUT2D eigenvalue weighted by Gasteiger charge is 2.04. The molecule has 1 aromatic heterocycles. The first-order valence-corrected chi connectivity index (χ1v) is 6.31. The molecular weight excluding hydrogens is 250 g/mol. The van der Waals surface area contributed by atoms with Gasteiger partial charge in [-0.05, 0) is 41.5 Å². The standard InChI is InChI=1S/C17H13NO2/c19-17(20)14-8-6-13(7-9-14)15-10-11-18(12-15)16-4-2-1-3-5-16/h1-12H,(H,19,20). The van der Waals surface area contributed by atoms with E-state index in [0.717, 1.165) is 16.8 Å². The third-order valence-electron chi connectivity index (χ3n) is 3.21. The summed E-state index contributed by atoms with van der Waals surface area (Å²) < 4.78 is 2.04. The monoisotopic (exact) mass is 263 g/mol. The van der Waals surface area contributed by atoms with E-state index in [1.807, 2.05) is 65.5 Å². The Morgan fingerprint density at radius 2 is 1.55 bits per heavy atom. The molecule has 3 heteroatoms. The highest BCUT2D eigenvalue weighted by atomic mass is 16.4. The quantitative estimate of drug-likeness (QED) is 0.780. The van der Waals surface area contributed by atoms with Gasteiger partial charge in [0.1, 0.15) is 0 Å². The summed E-state index contributed by atoms with van der Waals surface area (Å²) >= 11 is 0. The molecule has 0 atom stereocenters. The summed E-state index contributed by atoms with van der Waals surface area (Å²) in [6.45, 7) is 0. The van der Waals surface area contributed by atoms with Gasteiger partial charge in [-0.2, -0.15) is 0 Å². The van der Waals surface area contributed by atoms with Crippen molar-refractivity contribution >= 4 is 5.97 Å². The second kappa shape index (κ2) is 5.05. The van der Waals surface area contributed by atoms with Gasteiger partial charge in [0.05, 0.1) is 5.56 Å². The molecule has 98 valence electrons. The minimum atomic E-state index is -0.904. The van der Waals surface area contributed by atoms with Gasteiger partial charge in [-0.1, -0.05) is 30.3 Å². The number of aromatic carboxylic acids is 1. The van der Waals surface area contributed by atoms with E-state index >= 15 is 0 Å². The van der Waals surface area contributed by atoms with Crippen molar-refractivity contribution in [3.63, 3.8) is 0 Å². The van der Waals surface area contributed by atoms with Gasteiger partial charge in [0, 0.05) is 18.1 Å². The van der Waals surface area contributed by atoms with Crippen molar-refractivity contribution in [2.75, 3.05) is 0 Å². The van der Waals surface area contributed by atoms with Crippen molar-refractivity contribution in [2.45, 2.75) is 0 Å². The number of para-hydroxylation sites is 1. The summed E-state index contributed by atoms with van der Waals surface area (Å²) in [4.78, 5) is 10.8. The molecule has 0 aliphatic carbocycles. The summed E-state index contributed by atoms with van der Waals surface area (Å²) in [5, 5.41) is 8.89. The average Bonchev–Trinajstić information content (AvgIpc) is 2.98. The van der Waals surface area contributed by atoms with Gasteiger partial charge in [-0.25, -0.2) is 4.79 Å².